The Morgan fingerprint density at radius 3 is 2.46 bits per heavy atom. The van der Waals surface area contributed by atoms with Crippen molar-refractivity contribution < 1.29 is 22.7 Å². The molecular formula is C18H28N4O5S. The number of unbranched alkanes of at least 4 members (excludes halogenated alkanes) is 1. The summed E-state index contributed by atoms with van der Waals surface area (Å²) >= 11 is 0. The predicted octanol–water partition coefficient (Wildman–Crippen LogP) is 0.0167. The van der Waals surface area contributed by atoms with Gasteiger partial charge in [0.2, 0.25) is 15.9 Å². The summed E-state index contributed by atoms with van der Waals surface area (Å²) in [6.07, 6.45) is 1.98. The fraction of sp³-hybridized carbons (Fsp3) is 0.556. The summed E-state index contributed by atoms with van der Waals surface area (Å²) in [5.41, 5.74) is 0.153. The van der Waals surface area contributed by atoms with Gasteiger partial charge >= 0.3 is 0 Å². The van der Waals surface area contributed by atoms with Gasteiger partial charge in [0.05, 0.1) is 24.1 Å². The topological polar surface area (TPSA) is 122 Å². The average molecular weight is 413 g/mol. The lowest BCUT2D eigenvalue weighted by Gasteiger charge is -2.34. The molecule has 3 N–H and O–H groups in total. The number of benzene rings is 1. The van der Waals surface area contributed by atoms with E-state index in [1.165, 1.54) is 25.3 Å². The Morgan fingerprint density at radius 2 is 1.89 bits per heavy atom. The van der Waals surface area contributed by atoms with Crippen LogP contribution < -0.4 is 15.2 Å². The van der Waals surface area contributed by atoms with E-state index in [0.717, 1.165) is 12.8 Å². The second kappa shape index (κ2) is 9.85. The number of piperazine rings is 1. The monoisotopic (exact) mass is 412 g/mol. The van der Waals surface area contributed by atoms with Crippen molar-refractivity contribution in [3.05, 3.63) is 23.8 Å². The molecule has 2 amide bonds. The zero-order valence-electron chi connectivity index (χ0n) is 16.3. The molecule has 0 bridgehead atoms. The predicted molar refractivity (Wildman–Crippen MR) is 105 cm³/mol. The van der Waals surface area contributed by atoms with Crippen LogP contribution >= 0.6 is 0 Å². The Balaban J connectivity index is 1.99. The Morgan fingerprint density at radius 1 is 1.21 bits per heavy atom. The molecule has 1 aliphatic rings. The molecule has 0 aliphatic carbocycles. The lowest BCUT2D eigenvalue weighted by atomic mass is 10.1. The summed E-state index contributed by atoms with van der Waals surface area (Å²) in [6.45, 7) is 5.03. The van der Waals surface area contributed by atoms with Crippen molar-refractivity contribution in [2.45, 2.75) is 24.7 Å². The quantitative estimate of drug-likeness (QED) is 0.581. The first-order chi connectivity index (χ1) is 13.3. The third-order valence-electron chi connectivity index (χ3n) is 4.61. The number of methoxy groups -OCH3 is 1. The number of hydrogen-bond acceptors (Lipinski definition) is 6. The maximum atomic E-state index is 12.9. The van der Waals surface area contributed by atoms with Crippen LogP contribution in [0.3, 0.4) is 0 Å². The smallest absolute Gasteiger partial charge is 0.257 e. The number of nitrogens with one attached hydrogen (secondary N) is 1. The first-order valence-corrected chi connectivity index (χ1v) is 10.8. The van der Waals surface area contributed by atoms with E-state index in [1.807, 2.05) is 4.90 Å². The third-order valence-corrected chi connectivity index (χ3v) is 5.52. The number of ether oxygens (including phenoxy) is 1. The van der Waals surface area contributed by atoms with Crippen molar-refractivity contribution in [3.63, 3.8) is 0 Å². The second-order valence-electron chi connectivity index (χ2n) is 6.68. The van der Waals surface area contributed by atoms with Crippen LogP contribution in [0.5, 0.6) is 5.75 Å². The van der Waals surface area contributed by atoms with Crippen LogP contribution in [0.4, 0.5) is 0 Å². The van der Waals surface area contributed by atoms with E-state index in [1.54, 1.807) is 4.90 Å². The molecule has 1 aliphatic heterocycles. The lowest BCUT2D eigenvalue weighted by Crippen LogP contribution is -2.51. The number of hydrogen-bond donors (Lipinski definition) is 2. The molecule has 1 aromatic rings. The van der Waals surface area contributed by atoms with E-state index in [9.17, 15) is 18.0 Å². The number of amides is 2. The van der Waals surface area contributed by atoms with Crippen LogP contribution in [-0.2, 0) is 14.8 Å². The van der Waals surface area contributed by atoms with Gasteiger partial charge in [0, 0.05) is 32.7 Å². The van der Waals surface area contributed by atoms with Crippen LogP contribution in [0.1, 0.15) is 30.1 Å². The van der Waals surface area contributed by atoms with Gasteiger partial charge in [-0.2, -0.15) is 0 Å². The van der Waals surface area contributed by atoms with E-state index >= 15 is 0 Å². The molecule has 0 spiro atoms. The zero-order valence-corrected chi connectivity index (χ0v) is 17.1. The highest BCUT2D eigenvalue weighted by atomic mass is 32.2. The molecule has 0 radical (unpaired) electrons. The molecule has 10 heteroatoms. The molecule has 1 fully saturated rings. The van der Waals surface area contributed by atoms with Crippen LogP contribution in [-0.4, -0.2) is 76.4 Å². The zero-order chi connectivity index (χ0) is 20.7. The van der Waals surface area contributed by atoms with Crippen LogP contribution in [0.15, 0.2) is 23.1 Å². The maximum Gasteiger partial charge on any atom is 0.257 e. The largest absolute Gasteiger partial charge is 0.496 e. The van der Waals surface area contributed by atoms with Gasteiger partial charge in [-0.25, -0.2) is 13.6 Å². The lowest BCUT2D eigenvalue weighted by molar-refractivity contribution is -0.122. The summed E-state index contributed by atoms with van der Waals surface area (Å²) in [5, 5.41) is 8.05. The molecule has 2 rings (SSSR count). The highest BCUT2D eigenvalue weighted by molar-refractivity contribution is 7.89. The summed E-state index contributed by atoms with van der Waals surface area (Å²) in [4.78, 5) is 28.3. The minimum atomic E-state index is -3.93. The molecule has 0 aromatic heterocycles. The van der Waals surface area contributed by atoms with Gasteiger partial charge in [-0.05, 0) is 24.6 Å². The number of sulfonamides is 1. The standard InChI is InChI=1S/C18H28N4O5S/c1-3-4-7-20-17(23)13-21-8-10-22(11-9-21)18(24)15-12-14(28(19,25)26)5-6-16(15)27-2/h5-6,12H,3-4,7-11,13H2,1-2H3,(H,20,23)(H2,19,25,26). The van der Waals surface area contributed by atoms with Crippen molar-refractivity contribution >= 4 is 21.8 Å². The normalized spacial score (nSPS) is 15.3. The van der Waals surface area contributed by atoms with Gasteiger partial charge in [0.1, 0.15) is 5.75 Å². The molecular weight excluding hydrogens is 384 g/mol. The molecule has 1 heterocycles. The molecule has 156 valence electrons. The van der Waals surface area contributed by atoms with Gasteiger partial charge < -0.3 is 15.0 Å². The van der Waals surface area contributed by atoms with Crippen LogP contribution in [0.25, 0.3) is 0 Å². The van der Waals surface area contributed by atoms with Gasteiger partial charge in [-0.1, -0.05) is 13.3 Å². The Hall–Kier alpha value is -2.17. The highest BCUT2D eigenvalue weighted by Gasteiger charge is 2.26. The molecule has 0 atom stereocenters. The second-order valence-corrected chi connectivity index (χ2v) is 8.24. The average Bonchev–Trinajstić information content (AvgIpc) is 2.67. The first kappa shape index (κ1) is 22.1. The van der Waals surface area contributed by atoms with Crippen LogP contribution in [0, 0.1) is 0 Å². The summed E-state index contributed by atoms with van der Waals surface area (Å²) in [7, 11) is -2.51. The van der Waals surface area contributed by atoms with Crippen molar-refractivity contribution in [3.8, 4) is 5.75 Å². The number of carbonyl (C=O) groups excluding carboxylic acids is 2. The molecule has 0 saturated carbocycles. The molecule has 0 unspecified atom stereocenters. The number of nitrogens with two attached hydrogens (primary N) is 1. The minimum absolute atomic E-state index is 0.0178. The SMILES string of the molecule is CCCCNC(=O)CN1CCN(C(=O)c2cc(S(N)(=O)=O)ccc2OC)CC1. The fourth-order valence-corrected chi connectivity index (χ4v) is 3.51. The van der Waals surface area contributed by atoms with Crippen molar-refractivity contribution in [1.82, 2.24) is 15.1 Å². The number of primary sulfonamides is 1. The number of carbonyl (C=O) groups is 2. The van der Waals surface area contributed by atoms with Gasteiger partial charge in [0.15, 0.2) is 0 Å². The van der Waals surface area contributed by atoms with E-state index < -0.39 is 10.0 Å². The van der Waals surface area contributed by atoms with Crippen molar-refractivity contribution in [1.29, 1.82) is 0 Å². The molecule has 9 nitrogen and oxygen atoms in total. The van der Waals surface area contributed by atoms with E-state index in [4.69, 9.17) is 9.88 Å². The van der Waals surface area contributed by atoms with Crippen LogP contribution in [0.2, 0.25) is 0 Å². The maximum absolute atomic E-state index is 12.9. The number of rotatable bonds is 8. The Bertz CT molecular complexity index is 804. The molecule has 1 saturated heterocycles. The van der Waals surface area contributed by atoms with E-state index in [2.05, 4.69) is 12.2 Å². The van der Waals surface area contributed by atoms with Gasteiger partial charge in [-0.15, -0.1) is 0 Å². The fourth-order valence-electron chi connectivity index (χ4n) is 2.97. The van der Waals surface area contributed by atoms with Gasteiger partial charge in [-0.3, -0.25) is 14.5 Å². The van der Waals surface area contributed by atoms with Crippen molar-refractivity contribution in [2.24, 2.45) is 5.14 Å². The molecule has 1 aromatic carbocycles. The van der Waals surface area contributed by atoms with Gasteiger partial charge in [0.25, 0.3) is 5.91 Å². The number of nitrogens with zero attached hydrogens (tertiary/aromatic N) is 2. The van der Waals surface area contributed by atoms with Crippen molar-refractivity contribution in [2.75, 3.05) is 46.4 Å². The van der Waals surface area contributed by atoms with E-state index in [0.29, 0.717) is 39.3 Å². The van der Waals surface area contributed by atoms with E-state index in [-0.39, 0.29) is 28.0 Å². The Kier molecular flexibility index (Phi) is 7.78. The summed E-state index contributed by atoms with van der Waals surface area (Å²) < 4.78 is 28.4. The molecule has 28 heavy (non-hydrogen) atoms. The minimum Gasteiger partial charge on any atom is -0.496 e. The third kappa shape index (κ3) is 5.91. The Labute approximate surface area is 165 Å². The summed E-state index contributed by atoms with van der Waals surface area (Å²) in [6, 6.07) is 3.97. The highest BCUT2D eigenvalue weighted by Crippen LogP contribution is 2.24. The first-order valence-electron chi connectivity index (χ1n) is 9.25. The summed E-state index contributed by atoms with van der Waals surface area (Å²) in [5.74, 6) is -0.0553.